The minimum atomic E-state index is -3.94. The van der Waals surface area contributed by atoms with Gasteiger partial charge in [-0.25, -0.2) is 13.4 Å². The van der Waals surface area contributed by atoms with E-state index in [-0.39, 0.29) is 22.3 Å². The topological polar surface area (TPSA) is 93.6 Å². The molecule has 0 radical (unpaired) electrons. The van der Waals surface area contributed by atoms with Crippen molar-refractivity contribution >= 4 is 33.2 Å². The van der Waals surface area contributed by atoms with Crippen LogP contribution in [0.4, 0.5) is 5.82 Å². The molecule has 0 unspecified atom stereocenters. The van der Waals surface area contributed by atoms with Gasteiger partial charge in [0.25, 0.3) is 5.91 Å². The van der Waals surface area contributed by atoms with Crippen molar-refractivity contribution in [1.82, 2.24) is 4.98 Å². The molecule has 0 N–H and O–H groups in total. The second kappa shape index (κ2) is 8.17. The largest absolute Gasteiger partial charge is 0.467 e. The minimum Gasteiger partial charge on any atom is -0.467 e. The first kappa shape index (κ1) is 19.9. The van der Waals surface area contributed by atoms with Gasteiger partial charge in [0.2, 0.25) is 14.9 Å². The van der Waals surface area contributed by atoms with Crippen molar-refractivity contribution in [2.24, 2.45) is 0 Å². The zero-order chi connectivity index (χ0) is 21.1. The molecule has 3 heterocycles. The Labute approximate surface area is 177 Å². The lowest BCUT2D eigenvalue weighted by Crippen LogP contribution is -2.30. The molecule has 0 bridgehead atoms. The number of benzene rings is 1. The van der Waals surface area contributed by atoms with E-state index in [1.807, 2.05) is 0 Å². The van der Waals surface area contributed by atoms with E-state index in [9.17, 15) is 13.2 Å². The molecule has 4 rings (SSSR count). The summed E-state index contributed by atoms with van der Waals surface area (Å²) in [6.07, 6.45) is 3.05. The Morgan fingerprint density at radius 2 is 1.80 bits per heavy atom. The average Bonchev–Trinajstić information content (AvgIpc) is 3.45. The van der Waals surface area contributed by atoms with E-state index < -0.39 is 15.7 Å². The lowest BCUT2D eigenvalue weighted by atomic mass is 10.3. The lowest BCUT2D eigenvalue weighted by Gasteiger charge is -2.19. The summed E-state index contributed by atoms with van der Waals surface area (Å²) in [6, 6.07) is 16.8. The number of hydrogen-bond acceptors (Lipinski definition) is 6. The fourth-order valence-electron chi connectivity index (χ4n) is 2.77. The molecule has 1 aromatic carbocycles. The Bertz CT molecular complexity index is 1250. The first-order valence-electron chi connectivity index (χ1n) is 8.81. The predicted molar refractivity (Wildman–Crippen MR) is 109 cm³/mol. The van der Waals surface area contributed by atoms with Gasteiger partial charge >= 0.3 is 0 Å². The van der Waals surface area contributed by atoms with E-state index in [4.69, 9.17) is 20.4 Å². The Morgan fingerprint density at radius 1 is 1.00 bits per heavy atom. The van der Waals surface area contributed by atoms with Crippen LogP contribution in [-0.4, -0.2) is 19.3 Å². The van der Waals surface area contributed by atoms with E-state index >= 15 is 0 Å². The molecule has 3 aromatic heterocycles. The maximum absolute atomic E-state index is 13.1. The van der Waals surface area contributed by atoms with Crippen molar-refractivity contribution in [3.8, 4) is 0 Å². The highest BCUT2D eigenvalue weighted by Gasteiger charge is 2.27. The fraction of sp³-hybridized carbons (Fsp3) is 0.0476. The molecule has 0 saturated heterocycles. The third-order valence-corrected chi connectivity index (χ3v) is 6.14. The third kappa shape index (κ3) is 4.00. The van der Waals surface area contributed by atoms with Gasteiger partial charge < -0.3 is 8.83 Å². The van der Waals surface area contributed by atoms with Crippen molar-refractivity contribution in [3.63, 3.8) is 0 Å². The summed E-state index contributed by atoms with van der Waals surface area (Å²) in [5.74, 6) is 0.217. The van der Waals surface area contributed by atoms with Crippen LogP contribution in [0.1, 0.15) is 16.3 Å². The maximum atomic E-state index is 13.1. The fourth-order valence-corrected chi connectivity index (χ4v) is 4.07. The van der Waals surface area contributed by atoms with E-state index in [1.54, 1.807) is 36.5 Å². The lowest BCUT2D eigenvalue weighted by molar-refractivity contribution is 0.0950. The van der Waals surface area contributed by atoms with Gasteiger partial charge in [0.1, 0.15) is 11.6 Å². The summed E-state index contributed by atoms with van der Waals surface area (Å²) >= 11 is 5.82. The summed E-state index contributed by atoms with van der Waals surface area (Å²) in [5.41, 5.74) is 0. The normalized spacial score (nSPS) is 11.4. The Morgan fingerprint density at radius 3 is 2.47 bits per heavy atom. The van der Waals surface area contributed by atoms with Gasteiger partial charge in [-0.2, -0.15) is 0 Å². The zero-order valence-electron chi connectivity index (χ0n) is 15.4. The van der Waals surface area contributed by atoms with Crippen LogP contribution >= 0.6 is 11.6 Å². The first-order valence-corrected chi connectivity index (χ1v) is 10.7. The number of pyridine rings is 1. The Hall–Kier alpha value is -3.36. The van der Waals surface area contributed by atoms with E-state index in [1.165, 1.54) is 47.6 Å². The number of furan rings is 2. The van der Waals surface area contributed by atoms with Crippen LogP contribution in [0, 0.1) is 0 Å². The molecule has 0 aliphatic heterocycles. The second-order valence-corrected chi connectivity index (χ2v) is 8.55. The second-order valence-electron chi connectivity index (χ2n) is 6.23. The standard InChI is InChI=1S/C21H15ClN2O5S/c22-15-6-8-17(9-7-15)30(26,27)20-11-10-18(29-20)21(25)24(14-16-4-3-13-28-16)19-5-1-2-12-23-19/h1-13H,14H2. The van der Waals surface area contributed by atoms with Crippen LogP contribution in [0.15, 0.2) is 98.0 Å². The van der Waals surface area contributed by atoms with Crippen molar-refractivity contribution in [3.05, 3.63) is 95.7 Å². The predicted octanol–water partition coefficient (Wildman–Crippen LogP) is 4.60. The number of rotatable bonds is 6. The molecule has 9 heteroatoms. The SMILES string of the molecule is O=C(c1ccc(S(=O)(=O)c2ccc(Cl)cc2)o1)N(Cc1ccco1)c1ccccn1. The zero-order valence-corrected chi connectivity index (χ0v) is 17.0. The number of carbonyl (C=O) groups excluding carboxylic acids is 1. The van der Waals surface area contributed by atoms with Crippen LogP contribution < -0.4 is 4.90 Å². The van der Waals surface area contributed by atoms with Crippen LogP contribution in [0.25, 0.3) is 0 Å². The molecular weight excluding hydrogens is 428 g/mol. The summed E-state index contributed by atoms with van der Waals surface area (Å²) in [5, 5.41) is 0.0698. The molecule has 7 nitrogen and oxygen atoms in total. The molecule has 30 heavy (non-hydrogen) atoms. The van der Waals surface area contributed by atoms with Gasteiger partial charge in [-0.3, -0.25) is 9.69 Å². The van der Waals surface area contributed by atoms with Crippen LogP contribution in [-0.2, 0) is 16.4 Å². The summed E-state index contributed by atoms with van der Waals surface area (Å²) in [4.78, 5) is 18.7. The molecule has 0 atom stereocenters. The number of hydrogen-bond donors (Lipinski definition) is 0. The third-order valence-electron chi connectivity index (χ3n) is 4.25. The highest BCUT2D eigenvalue weighted by Crippen LogP contribution is 2.26. The number of halogens is 1. The van der Waals surface area contributed by atoms with Gasteiger partial charge in [-0.15, -0.1) is 0 Å². The van der Waals surface area contributed by atoms with Crippen molar-refractivity contribution in [1.29, 1.82) is 0 Å². The highest BCUT2D eigenvalue weighted by molar-refractivity contribution is 7.91. The molecule has 0 aliphatic carbocycles. The van der Waals surface area contributed by atoms with E-state index in [0.29, 0.717) is 16.6 Å². The Kier molecular flexibility index (Phi) is 5.43. The average molecular weight is 443 g/mol. The molecule has 0 aliphatic rings. The van der Waals surface area contributed by atoms with Gasteiger partial charge in [-0.05, 0) is 60.7 Å². The van der Waals surface area contributed by atoms with Gasteiger partial charge in [0, 0.05) is 11.2 Å². The number of aromatic nitrogens is 1. The van der Waals surface area contributed by atoms with Gasteiger partial charge in [0.15, 0.2) is 5.76 Å². The number of sulfone groups is 1. The van der Waals surface area contributed by atoms with Crippen LogP contribution in [0.5, 0.6) is 0 Å². The molecule has 4 aromatic rings. The molecule has 0 fully saturated rings. The van der Waals surface area contributed by atoms with E-state index in [2.05, 4.69) is 4.98 Å². The maximum Gasteiger partial charge on any atom is 0.295 e. The minimum absolute atomic E-state index is 0.0115. The summed E-state index contributed by atoms with van der Waals surface area (Å²) in [7, 11) is -3.94. The van der Waals surface area contributed by atoms with Gasteiger partial charge in [0.05, 0.1) is 17.7 Å². The van der Waals surface area contributed by atoms with Gasteiger partial charge in [-0.1, -0.05) is 17.7 Å². The molecule has 0 spiro atoms. The summed E-state index contributed by atoms with van der Waals surface area (Å²) < 4.78 is 36.4. The highest BCUT2D eigenvalue weighted by atomic mass is 35.5. The van der Waals surface area contributed by atoms with Crippen molar-refractivity contribution in [2.75, 3.05) is 4.90 Å². The molecular formula is C21H15ClN2O5S. The van der Waals surface area contributed by atoms with E-state index in [0.717, 1.165) is 0 Å². The van der Waals surface area contributed by atoms with Crippen molar-refractivity contribution < 1.29 is 22.0 Å². The number of carbonyl (C=O) groups is 1. The molecule has 0 saturated carbocycles. The first-order chi connectivity index (χ1) is 14.4. The van der Waals surface area contributed by atoms with Crippen LogP contribution in [0.2, 0.25) is 5.02 Å². The van der Waals surface area contributed by atoms with Crippen molar-refractivity contribution in [2.45, 2.75) is 16.5 Å². The number of anilines is 1. The number of nitrogens with zero attached hydrogens (tertiary/aromatic N) is 2. The molecule has 152 valence electrons. The monoisotopic (exact) mass is 442 g/mol. The smallest absolute Gasteiger partial charge is 0.295 e. The number of amides is 1. The Balaban J connectivity index is 1.66. The molecule has 1 amide bonds. The van der Waals surface area contributed by atoms with Crippen LogP contribution in [0.3, 0.4) is 0 Å². The summed E-state index contributed by atoms with van der Waals surface area (Å²) in [6.45, 7) is 0.100. The quantitative estimate of drug-likeness (QED) is 0.433.